The van der Waals surface area contributed by atoms with E-state index in [0.717, 1.165) is 6.42 Å². The van der Waals surface area contributed by atoms with Crippen molar-refractivity contribution in [3.63, 3.8) is 0 Å². The van der Waals surface area contributed by atoms with E-state index in [4.69, 9.17) is 5.26 Å². The number of hydrogen-bond donors (Lipinski definition) is 1. The van der Waals surface area contributed by atoms with Crippen molar-refractivity contribution in [2.45, 2.75) is 64.5 Å². The van der Waals surface area contributed by atoms with Gasteiger partial charge in [0.25, 0.3) is 0 Å². The second-order valence-corrected chi connectivity index (χ2v) is 5.10. The number of nitrogens with one attached hydrogen (secondary N) is 1. The van der Waals surface area contributed by atoms with Gasteiger partial charge in [-0.15, -0.1) is 0 Å². The minimum atomic E-state index is 0.391. The highest BCUT2D eigenvalue weighted by atomic mass is 15.1. The molecule has 0 aromatic heterocycles. The van der Waals surface area contributed by atoms with E-state index in [1.165, 1.54) is 45.3 Å². The van der Waals surface area contributed by atoms with Crippen LogP contribution < -0.4 is 5.32 Å². The van der Waals surface area contributed by atoms with Crippen LogP contribution in [0, 0.1) is 11.3 Å². The fourth-order valence-corrected chi connectivity index (χ4v) is 2.63. The zero-order valence-electron chi connectivity index (χ0n) is 11.4. The molecule has 1 rings (SSSR count). The van der Waals surface area contributed by atoms with Crippen LogP contribution in [0.5, 0.6) is 0 Å². The molecule has 1 N–H and O–H groups in total. The highest BCUT2D eigenvalue weighted by molar-refractivity contribution is 4.84. The van der Waals surface area contributed by atoms with Crippen LogP contribution in [0.2, 0.25) is 0 Å². The summed E-state index contributed by atoms with van der Waals surface area (Å²) in [7, 11) is 0. The number of hydrogen-bond acceptors (Lipinski definition) is 3. The van der Waals surface area contributed by atoms with E-state index in [9.17, 15) is 0 Å². The molecule has 1 aliphatic rings. The van der Waals surface area contributed by atoms with Gasteiger partial charge < -0.3 is 10.2 Å². The van der Waals surface area contributed by atoms with Gasteiger partial charge in [-0.25, -0.2) is 0 Å². The molecule has 0 radical (unpaired) electrons. The van der Waals surface area contributed by atoms with Gasteiger partial charge in [0.05, 0.1) is 12.5 Å². The maximum absolute atomic E-state index is 8.77. The van der Waals surface area contributed by atoms with Crippen LogP contribution >= 0.6 is 0 Å². The van der Waals surface area contributed by atoms with E-state index < -0.39 is 0 Å². The Hall–Kier alpha value is -0.590. The van der Waals surface area contributed by atoms with Gasteiger partial charge in [0.15, 0.2) is 0 Å². The molecule has 1 saturated heterocycles. The highest BCUT2D eigenvalue weighted by Gasteiger charge is 2.18. The molecule has 0 amide bonds. The fraction of sp³-hybridized carbons (Fsp3) is 0.929. The predicted octanol–water partition coefficient (Wildman–Crippen LogP) is 2.53. The van der Waals surface area contributed by atoms with Crippen molar-refractivity contribution in [3.8, 4) is 6.07 Å². The van der Waals surface area contributed by atoms with Gasteiger partial charge >= 0.3 is 0 Å². The SMILES string of the molecule is CCCN1CCCC(NC(CC)CC#N)CC1. The van der Waals surface area contributed by atoms with Crippen molar-refractivity contribution in [2.24, 2.45) is 0 Å². The van der Waals surface area contributed by atoms with Crippen LogP contribution in [-0.4, -0.2) is 36.6 Å². The number of likely N-dealkylation sites (tertiary alicyclic amines) is 1. The second kappa shape index (κ2) is 8.49. The summed E-state index contributed by atoms with van der Waals surface area (Å²) >= 11 is 0. The van der Waals surface area contributed by atoms with Gasteiger partial charge in [-0.1, -0.05) is 13.8 Å². The summed E-state index contributed by atoms with van der Waals surface area (Å²) in [4.78, 5) is 2.58. The van der Waals surface area contributed by atoms with E-state index in [1.807, 2.05) is 0 Å². The average Bonchev–Trinajstić information content (AvgIpc) is 2.55. The van der Waals surface area contributed by atoms with E-state index in [0.29, 0.717) is 18.5 Å². The molecule has 0 aromatic carbocycles. The van der Waals surface area contributed by atoms with Crippen molar-refractivity contribution >= 4 is 0 Å². The summed E-state index contributed by atoms with van der Waals surface area (Å²) in [6.45, 7) is 8.12. The molecule has 1 fully saturated rings. The molecule has 17 heavy (non-hydrogen) atoms. The summed E-state index contributed by atoms with van der Waals surface area (Å²) in [5.41, 5.74) is 0. The standard InChI is InChI=1S/C14H27N3/c1-3-10-17-11-5-6-14(8-12-17)16-13(4-2)7-9-15/h13-14,16H,3-8,10-12H2,1-2H3. The molecule has 2 atom stereocenters. The summed E-state index contributed by atoms with van der Waals surface area (Å²) < 4.78 is 0. The molecule has 1 heterocycles. The highest BCUT2D eigenvalue weighted by Crippen LogP contribution is 2.13. The Bertz CT molecular complexity index is 234. The smallest absolute Gasteiger partial charge is 0.0638 e. The van der Waals surface area contributed by atoms with Gasteiger partial charge in [0.1, 0.15) is 0 Å². The van der Waals surface area contributed by atoms with Crippen molar-refractivity contribution in [1.29, 1.82) is 5.26 Å². The first-order chi connectivity index (χ1) is 8.30. The summed E-state index contributed by atoms with van der Waals surface area (Å²) in [6, 6.07) is 3.29. The minimum Gasteiger partial charge on any atom is -0.310 e. The Morgan fingerprint density at radius 3 is 2.82 bits per heavy atom. The molecular formula is C14H27N3. The van der Waals surface area contributed by atoms with Crippen molar-refractivity contribution < 1.29 is 0 Å². The van der Waals surface area contributed by atoms with Crippen LogP contribution in [0.25, 0.3) is 0 Å². The lowest BCUT2D eigenvalue weighted by Gasteiger charge is -2.23. The first kappa shape index (κ1) is 14.5. The van der Waals surface area contributed by atoms with Crippen LogP contribution in [0.15, 0.2) is 0 Å². The van der Waals surface area contributed by atoms with Crippen LogP contribution in [0.4, 0.5) is 0 Å². The molecule has 0 aliphatic carbocycles. The van der Waals surface area contributed by atoms with Crippen molar-refractivity contribution in [3.05, 3.63) is 0 Å². The number of nitrogens with zero attached hydrogens (tertiary/aromatic N) is 2. The Kier molecular flexibility index (Phi) is 7.23. The molecule has 2 unspecified atom stereocenters. The maximum Gasteiger partial charge on any atom is 0.0638 e. The van der Waals surface area contributed by atoms with E-state index in [1.54, 1.807) is 0 Å². The van der Waals surface area contributed by atoms with Crippen LogP contribution in [0.3, 0.4) is 0 Å². The number of rotatable bonds is 6. The van der Waals surface area contributed by atoms with Gasteiger partial charge in [-0.2, -0.15) is 5.26 Å². The van der Waals surface area contributed by atoms with Gasteiger partial charge in [0, 0.05) is 12.1 Å². The number of nitriles is 1. The predicted molar refractivity (Wildman–Crippen MR) is 71.8 cm³/mol. The molecule has 98 valence electrons. The first-order valence-electron chi connectivity index (χ1n) is 7.15. The first-order valence-corrected chi connectivity index (χ1v) is 7.15. The summed E-state index contributed by atoms with van der Waals surface area (Å²) in [5.74, 6) is 0. The molecule has 1 aliphatic heterocycles. The van der Waals surface area contributed by atoms with Crippen LogP contribution in [0.1, 0.15) is 52.4 Å². The lowest BCUT2D eigenvalue weighted by atomic mass is 10.1. The third-order valence-electron chi connectivity index (χ3n) is 3.66. The van der Waals surface area contributed by atoms with Gasteiger partial charge in [-0.05, 0) is 51.7 Å². The van der Waals surface area contributed by atoms with E-state index >= 15 is 0 Å². The van der Waals surface area contributed by atoms with Gasteiger partial charge in [0.2, 0.25) is 0 Å². The summed E-state index contributed by atoms with van der Waals surface area (Å²) in [5, 5.41) is 12.4. The van der Waals surface area contributed by atoms with Gasteiger partial charge in [-0.3, -0.25) is 0 Å². The van der Waals surface area contributed by atoms with E-state index in [-0.39, 0.29) is 0 Å². The average molecular weight is 237 g/mol. The molecule has 0 aromatic rings. The molecule has 0 spiro atoms. The van der Waals surface area contributed by atoms with Crippen LogP contribution in [-0.2, 0) is 0 Å². The lowest BCUT2D eigenvalue weighted by molar-refractivity contribution is 0.281. The minimum absolute atomic E-state index is 0.391. The van der Waals surface area contributed by atoms with Crippen molar-refractivity contribution in [2.75, 3.05) is 19.6 Å². The second-order valence-electron chi connectivity index (χ2n) is 5.10. The third-order valence-corrected chi connectivity index (χ3v) is 3.66. The molecule has 3 heteroatoms. The zero-order valence-corrected chi connectivity index (χ0v) is 11.4. The molecule has 0 bridgehead atoms. The monoisotopic (exact) mass is 237 g/mol. The normalized spacial score (nSPS) is 23.9. The van der Waals surface area contributed by atoms with Crippen molar-refractivity contribution in [1.82, 2.24) is 10.2 Å². The van der Waals surface area contributed by atoms with E-state index in [2.05, 4.69) is 30.1 Å². The topological polar surface area (TPSA) is 39.1 Å². The Morgan fingerprint density at radius 2 is 2.18 bits per heavy atom. The lowest BCUT2D eigenvalue weighted by Crippen LogP contribution is -2.38. The maximum atomic E-state index is 8.77. The Balaban J connectivity index is 2.32. The molecular weight excluding hydrogens is 210 g/mol. The fourth-order valence-electron chi connectivity index (χ4n) is 2.63. The Morgan fingerprint density at radius 1 is 1.35 bits per heavy atom. The Labute approximate surface area is 106 Å². The largest absolute Gasteiger partial charge is 0.310 e. The summed E-state index contributed by atoms with van der Waals surface area (Å²) in [6.07, 6.45) is 6.75. The quantitative estimate of drug-likeness (QED) is 0.771. The molecule has 3 nitrogen and oxygen atoms in total. The third kappa shape index (κ3) is 5.52. The zero-order chi connectivity index (χ0) is 12.5. The molecule has 0 saturated carbocycles.